The Morgan fingerprint density at radius 1 is 1.30 bits per heavy atom. The van der Waals surface area contributed by atoms with Crippen LogP contribution in [0.3, 0.4) is 0 Å². The van der Waals surface area contributed by atoms with Gasteiger partial charge in [-0.05, 0) is 43.4 Å². The number of hydrogen-bond acceptors (Lipinski definition) is 4. The van der Waals surface area contributed by atoms with Gasteiger partial charge in [0.05, 0.1) is 5.75 Å². The van der Waals surface area contributed by atoms with Gasteiger partial charge in [0.25, 0.3) is 0 Å². The molecule has 3 rings (SSSR count). The number of nitrogens with one attached hydrogen (secondary N) is 1. The first-order valence-corrected chi connectivity index (χ1v) is 9.14. The minimum Gasteiger partial charge on any atom is -0.481 e. The number of ether oxygens (including phenoxy) is 1. The molecule has 0 spiro atoms. The summed E-state index contributed by atoms with van der Waals surface area (Å²) in [6.07, 6.45) is 7.15. The van der Waals surface area contributed by atoms with Gasteiger partial charge in [0.2, 0.25) is 10.0 Å². The second kappa shape index (κ2) is 5.77. The van der Waals surface area contributed by atoms with Crippen LogP contribution in [0.15, 0.2) is 48.2 Å². The van der Waals surface area contributed by atoms with Gasteiger partial charge in [-0.2, -0.15) is 0 Å². The second-order valence-corrected chi connectivity index (χ2v) is 7.74. The number of benzene rings is 1. The number of sulfonamides is 1. The fraction of sp³-hybridized carbons (Fsp3) is 0.294. The predicted octanol–water partition coefficient (Wildman–Crippen LogP) is 2.29. The van der Waals surface area contributed by atoms with Gasteiger partial charge in [0.15, 0.2) is 0 Å². The third kappa shape index (κ3) is 3.12. The van der Waals surface area contributed by atoms with E-state index in [-0.39, 0.29) is 11.9 Å². The highest BCUT2D eigenvalue weighted by molar-refractivity contribution is 7.89. The zero-order chi connectivity index (χ0) is 16.6. The molecule has 1 atom stereocenters. The van der Waals surface area contributed by atoms with E-state index in [1.165, 1.54) is 0 Å². The largest absolute Gasteiger partial charge is 0.481 e. The topological polar surface area (TPSA) is 58.6 Å². The molecule has 0 radical (unpaired) electrons. The Morgan fingerprint density at radius 3 is 2.78 bits per heavy atom. The minimum absolute atomic E-state index is 0.0402. The molecule has 1 aromatic rings. The maximum absolute atomic E-state index is 11.8. The molecule has 0 amide bonds. The SMILES string of the molecule is CCS(=O)(=O)NC1=CC=CC2Oc3ccc(N(C)C)cc3C2=C1. The second-order valence-electron chi connectivity index (χ2n) is 5.73. The van der Waals surface area contributed by atoms with Gasteiger partial charge in [0, 0.05) is 36.6 Å². The van der Waals surface area contributed by atoms with Crippen LogP contribution in [0.1, 0.15) is 12.5 Å². The van der Waals surface area contributed by atoms with E-state index in [4.69, 9.17) is 4.74 Å². The Kier molecular flexibility index (Phi) is 3.93. The summed E-state index contributed by atoms with van der Waals surface area (Å²) < 4.78 is 32.2. The van der Waals surface area contributed by atoms with Crippen LogP contribution in [-0.2, 0) is 10.0 Å². The molecule has 1 N–H and O–H groups in total. The molecule has 0 saturated heterocycles. The molecule has 5 nitrogen and oxygen atoms in total. The lowest BCUT2D eigenvalue weighted by Gasteiger charge is -2.13. The van der Waals surface area contributed by atoms with Crippen LogP contribution in [0.25, 0.3) is 5.57 Å². The van der Waals surface area contributed by atoms with Crippen molar-refractivity contribution in [3.63, 3.8) is 0 Å². The molecule has 6 heteroatoms. The summed E-state index contributed by atoms with van der Waals surface area (Å²) in [5.41, 5.74) is 3.57. The third-order valence-corrected chi connectivity index (χ3v) is 5.18. The fourth-order valence-corrected chi connectivity index (χ4v) is 3.20. The summed E-state index contributed by atoms with van der Waals surface area (Å²) in [5.74, 6) is 0.856. The summed E-state index contributed by atoms with van der Waals surface area (Å²) in [7, 11) is 0.658. The van der Waals surface area contributed by atoms with Crippen molar-refractivity contribution in [2.24, 2.45) is 0 Å². The van der Waals surface area contributed by atoms with Crippen LogP contribution in [-0.4, -0.2) is 34.4 Å². The number of fused-ring (bicyclic) bond motifs is 3. The van der Waals surface area contributed by atoms with Crippen LogP contribution >= 0.6 is 0 Å². The van der Waals surface area contributed by atoms with E-state index < -0.39 is 10.0 Å². The van der Waals surface area contributed by atoms with Gasteiger partial charge >= 0.3 is 0 Å². The average Bonchev–Trinajstić information content (AvgIpc) is 2.71. The molecule has 122 valence electrons. The number of rotatable bonds is 4. The Labute approximate surface area is 137 Å². The lowest BCUT2D eigenvalue weighted by atomic mass is 10.0. The van der Waals surface area contributed by atoms with Gasteiger partial charge in [0.1, 0.15) is 11.9 Å². The molecule has 23 heavy (non-hydrogen) atoms. The smallest absolute Gasteiger partial charge is 0.232 e. The first-order chi connectivity index (χ1) is 10.9. The Balaban J connectivity index is 2.01. The summed E-state index contributed by atoms with van der Waals surface area (Å²) in [5, 5.41) is 0. The predicted molar refractivity (Wildman–Crippen MR) is 93.0 cm³/mol. The van der Waals surface area contributed by atoms with Gasteiger partial charge in [-0.15, -0.1) is 0 Å². The Bertz CT molecular complexity index is 820. The zero-order valence-corrected chi connectivity index (χ0v) is 14.2. The number of hydrogen-bond donors (Lipinski definition) is 1. The summed E-state index contributed by atoms with van der Waals surface area (Å²) >= 11 is 0. The first-order valence-electron chi connectivity index (χ1n) is 7.48. The highest BCUT2D eigenvalue weighted by atomic mass is 32.2. The van der Waals surface area contributed by atoms with Crippen LogP contribution in [0.5, 0.6) is 5.75 Å². The highest BCUT2D eigenvalue weighted by Gasteiger charge is 2.28. The summed E-state index contributed by atoms with van der Waals surface area (Å²) in [4.78, 5) is 2.03. The molecule has 2 aliphatic rings. The first kappa shape index (κ1) is 15.7. The highest BCUT2D eigenvalue weighted by Crippen LogP contribution is 2.41. The molecule has 1 heterocycles. The van der Waals surface area contributed by atoms with E-state index >= 15 is 0 Å². The van der Waals surface area contributed by atoms with Crippen molar-refractivity contribution in [1.29, 1.82) is 0 Å². The Morgan fingerprint density at radius 2 is 2.09 bits per heavy atom. The van der Waals surface area contributed by atoms with E-state index in [9.17, 15) is 8.42 Å². The molecule has 0 fully saturated rings. The van der Waals surface area contributed by atoms with Gasteiger partial charge in [-0.1, -0.05) is 6.08 Å². The van der Waals surface area contributed by atoms with Gasteiger partial charge in [-0.3, -0.25) is 4.72 Å². The van der Waals surface area contributed by atoms with Crippen molar-refractivity contribution in [2.75, 3.05) is 24.7 Å². The molecule has 0 bridgehead atoms. The van der Waals surface area contributed by atoms with Crippen molar-refractivity contribution >= 4 is 21.3 Å². The molecule has 1 aliphatic heterocycles. The zero-order valence-electron chi connectivity index (χ0n) is 13.4. The van der Waals surface area contributed by atoms with E-state index in [2.05, 4.69) is 10.8 Å². The van der Waals surface area contributed by atoms with Crippen LogP contribution in [0.2, 0.25) is 0 Å². The molecule has 1 aliphatic carbocycles. The van der Waals surface area contributed by atoms with E-state index in [0.29, 0.717) is 5.70 Å². The van der Waals surface area contributed by atoms with Crippen LogP contribution in [0, 0.1) is 0 Å². The quantitative estimate of drug-likeness (QED) is 0.919. The summed E-state index contributed by atoms with van der Waals surface area (Å²) in [6.45, 7) is 1.61. The Hall–Kier alpha value is -2.21. The van der Waals surface area contributed by atoms with Gasteiger partial charge in [-0.25, -0.2) is 8.42 Å². The number of anilines is 1. The van der Waals surface area contributed by atoms with E-state index in [0.717, 1.165) is 22.6 Å². The lowest BCUT2D eigenvalue weighted by molar-refractivity contribution is 0.323. The average molecular weight is 332 g/mol. The standard InChI is InChI=1S/C17H20N2O3S/c1-4-23(20,21)18-12-6-5-7-16-14(10-12)15-11-13(19(2)3)8-9-17(15)22-16/h5-11,16,18H,4H2,1-3H3. The molecular formula is C17H20N2O3S. The van der Waals surface area contributed by atoms with Crippen molar-refractivity contribution in [3.8, 4) is 5.75 Å². The van der Waals surface area contributed by atoms with Crippen molar-refractivity contribution < 1.29 is 13.2 Å². The maximum atomic E-state index is 11.8. The minimum atomic E-state index is -3.31. The fourth-order valence-electron chi connectivity index (χ4n) is 2.57. The van der Waals surface area contributed by atoms with E-state index in [1.54, 1.807) is 13.0 Å². The monoisotopic (exact) mass is 332 g/mol. The van der Waals surface area contributed by atoms with Crippen molar-refractivity contribution in [1.82, 2.24) is 4.72 Å². The molecule has 0 aromatic heterocycles. The molecule has 0 saturated carbocycles. The van der Waals surface area contributed by atoms with Crippen molar-refractivity contribution in [3.05, 3.63) is 53.8 Å². The number of allylic oxidation sites excluding steroid dienone is 3. The van der Waals surface area contributed by atoms with Gasteiger partial charge < -0.3 is 9.64 Å². The van der Waals surface area contributed by atoms with Crippen LogP contribution < -0.4 is 14.4 Å². The lowest BCUT2D eigenvalue weighted by Crippen LogP contribution is -2.24. The molecule has 1 unspecified atom stereocenters. The maximum Gasteiger partial charge on any atom is 0.232 e. The van der Waals surface area contributed by atoms with Crippen molar-refractivity contribution in [2.45, 2.75) is 13.0 Å². The molecular weight excluding hydrogens is 312 g/mol. The van der Waals surface area contributed by atoms with Crippen LogP contribution in [0.4, 0.5) is 5.69 Å². The van der Waals surface area contributed by atoms with E-state index in [1.807, 2.05) is 49.4 Å². The normalized spacial score (nSPS) is 19.0. The molecule has 1 aromatic carbocycles. The summed E-state index contributed by atoms with van der Waals surface area (Å²) in [6, 6.07) is 6.02. The number of nitrogens with zero attached hydrogens (tertiary/aromatic N) is 1. The third-order valence-electron chi connectivity index (χ3n) is 3.88.